The summed E-state index contributed by atoms with van der Waals surface area (Å²) in [4.78, 5) is 38.5. The molecule has 2 unspecified atom stereocenters. The average Bonchev–Trinajstić information content (AvgIpc) is 2.90. The monoisotopic (exact) mass is 586 g/mol. The minimum Gasteiger partial charge on any atom is -0.511 e. The second-order valence-corrected chi connectivity index (χ2v) is 13.4. The molecule has 0 bridgehead atoms. The number of ketones is 2. The van der Waals surface area contributed by atoms with E-state index in [1.807, 2.05) is 0 Å². The summed E-state index contributed by atoms with van der Waals surface area (Å²) in [6, 6.07) is 1.44. The fourth-order valence-corrected chi connectivity index (χ4v) is 8.10. The Morgan fingerprint density at radius 1 is 1.20 bits per heavy atom. The van der Waals surface area contributed by atoms with Crippen molar-refractivity contribution >= 4 is 29.1 Å². The minimum atomic E-state index is -2.58. The van der Waals surface area contributed by atoms with Crippen molar-refractivity contribution in [3.63, 3.8) is 0 Å². The van der Waals surface area contributed by atoms with Crippen LogP contribution in [-0.2, 0) is 22.6 Å². The van der Waals surface area contributed by atoms with Crippen LogP contribution in [-0.4, -0.2) is 50.0 Å². The van der Waals surface area contributed by atoms with Crippen molar-refractivity contribution in [3.05, 3.63) is 50.4 Å². The maximum Gasteiger partial charge on any atom is 0.255 e. The number of carbonyl (C=O) groups excluding carboxylic acids is 3. The van der Waals surface area contributed by atoms with Gasteiger partial charge in [-0.05, 0) is 72.1 Å². The number of amides is 1. The van der Waals surface area contributed by atoms with Gasteiger partial charge in [-0.15, -0.1) is 0 Å². The van der Waals surface area contributed by atoms with Gasteiger partial charge in [-0.25, -0.2) is 0 Å². The Hall–Kier alpha value is -2.88. The highest BCUT2D eigenvalue weighted by Crippen LogP contribution is 2.55. The van der Waals surface area contributed by atoms with Crippen molar-refractivity contribution in [1.29, 1.82) is 0 Å². The third-order valence-electron chi connectivity index (χ3n) is 10.7. The quantitative estimate of drug-likeness (QED) is 0.260. The lowest BCUT2D eigenvalue weighted by Gasteiger charge is -2.54. The van der Waals surface area contributed by atoms with Crippen molar-refractivity contribution in [2.45, 2.75) is 71.9 Å². The molecule has 1 amide bonds. The Morgan fingerprint density at radius 3 is 2.46 bits per heavy atom. The van der Waals surface area contributed by atoms with E-state index in [1.165, 1.54) is 12.5 Å². The van der Waals surface area contributed by atoms with Crippen LogP contribution in [0.3, 0.4) is 0 Å². The summed E-state index contributed by atoms with van der Waals surface area (Å²) in [5.74, 6) is -4.72. The van der Waals surface area contributed by atoms with Crippen molar-refractivity contribution in [1.82, 2.24) is 5.32 Å². The number of phenols is 1. The first-order chi connectivity index (χ1) is 19.2. The van der Waals surface area contributed by atoms with E-state index in [2.05, 4.69) is 33.0 Å². The van der Waals surface area contributed by atoms with E-state index in [0.29, 0.717) is 45.9 Å². The number of halogens is 1. The van der Waals surface area contributed by atoms with Gasteiger partial charge in [0.05, 0.1) is 5.56 Å². The summed E-state index contributed by atoms with van der Waals surface area (Å²) >= 11 is 6.83. The van der Waals surface area contributed by atoms with Gasteiger partial charge in [-0.2, -0.15) is 0 Å². The average molecular weight is 587 g/mol. The van der Waals surface area contributed by atoms with Crippen LogP contribution in [0.25, 0.3) is 0 Å². The van der Waals surface area contributed by atoms with Crippen LogP contribution < -0.4 is 11.1 Å². The number of fused-ring (bicyclic) bond motifs is 3. The zero-order valence-corrected chi connectivity index (χ0v) is 24.6. The van der Waals surface area contributed by atoms with E-state index in [0.717, 1.165) is 13.0 Å². The van der Waals surface area contributed by atoms with E-state index < -0.39 is 52.0 Å². The topological polar surface area (TPSA) is 170 Å². The predicted molar refractivity (Wildman–Crippen MR) is 152 cm³/mol. The number of carbonyl (C=O) groups is 3. The largest absolute Gasteiger partial charge is 0.511 e. The Labute approximate surface area is 244 Å². The van der Waals surface area contributed by atoms with Crippen LogP contribution in [0.2, 0.25) is 5.02 Å². The molecule has 1 fully saturated rings. The molecule has 222 valence electrons. The maximum absolute atomic E-state index is 13.7. The summed E-state index contributed by atoms with van der Waals surface area (Å²) in [5.41, 5.74) is 2.98. The molecule has 0 saturated heterocycles. The molecule has 41 heavy (non-hydrogen) atoms. The summed E-state index contributed by atoms with van der Waals surface area (Å²) in [6.07, 6.45) is 2.23. The molecule has 0 spiro atoms. The molecule has 10 heteroatoms. The summed E-state index contributed by atoms with van der Waals surface area (Å²) < 4.78 is 0. The van der Waals surface area contributed by atoms with Crippen LogP contribution in [0.4, 0.5) is 0 Å². The number of rotatable bonds is 7. The molecule has 1 aromatic carbocycles. The molecule has 0 aromatic heterocycles. The second kappa shape index (κ2) is 10.1. The SMILES string of the molecule is CC[C@H](CNCc1cc(O)c2c(c1Cl)C[C@H]1C[C@H]3CC(O)=C(C(N)=O)C(=O)[C@@]3(O)C(O)=C1C2=O)C1CC(C)C1(C)C. The number of hydrogen-bond donors (Lipinski definition) is 6. The van der Waals surface area contributed by atoms with Gasteiger partial charge in [0.15, 0.2) is 11.4 Å². The smallest absolute Gasteiger partial charge is 0.255 e. The number of aliphatic hydroxyl groups excluding tert-OH is 2. The lowest BCUT2D eigenvalue weighted by Crippen LogP contribution is -2.57. The predicted octanol–water partition coefficient (Wildman–Crippen LogP) is 4.03. The van der Waals surface area contributed by atoms with Crippen molar-refractivity contribution in [2.75, 3.05) is 6.54 Å². The fourth-order valence-electron chi connectivity index (χ4n) is 7.81. The lowest BCUT2D eigenvalue weighted by atomic mass is 9.51. The van der Waals surface area contributed by atoms with Crippen LogP contribution in [0.15, 0.2) is 28.7 Å². The Balaban J connectivity index is 1.42. The molecule has 6 atom stereocenters. The van der Waals surface area contributed by atoms with Gasteiger partial charge in [-0.1, -0.05) is 45.7 Å². The van der Waals surface area contributed by atoms with Gasteiger partial charge in [0, 0.05) is 29.5 Å². The molecule has 4 aliphatic rings. The summed E-state index contributed by atoms with van der Waals surface area (Å²) in [7, 11) is 0. The van der Waals surface area contributed by atoms with E-state index in [4.69, 9.17) is 17.3 Å². The molecule has 7 N–H and O–H groups in total. The molecule has 0 aliphatic heterocycles. The normalized spacial score (nSPS) is 31.3. The highest BCUT2D eigenvalue weighted by atomic mass is 35.5. The Kier molecular flexibility index (Phi) is 7.32. The molecular formula is C31H39ClN2O7. The van der Waals surface area contributed by atoms with E-state index in [1.54, 1.807) is 0 Å². The first kappa shape index (κ1) is 29.6. The van der Waals surface area contributed by atoms with Gasteiger partial charge < -0.3 is 31.5 Å². The number of primary amides is 1. The van der Waals surface area contributed by atoms with E-state index >= 15 is 0 Å². The molecule has 0 radical (unpaired) electrons. The Bertz CT molecular complexity index is 1410. The lowest BCUT2D eigenvalue weighted by molar-refractivity contribution is -0.144. The number of allylic oxidation sites excluding steroid dienone is 2. The molecule has 1 saturated carbocycles. The molecular weight excluding hydrogens is 548 g/mol. The fraction of sp³-hybridized carbons (Fsp3) is 0.581. The van der Waals surface area contributed by atoms with Gasteiger partial charge in [0.2, 0.25) is 5.78 Å². The summed E-state index contributed by atoms with van der Waals surface area (Å²) in [5, 5.41) is 47.6. The number of nitrogens with one attached hydrogen (secondary N) is 1. The first-order valence-electron chi connectivity index (χ1n) is 14.4. The van der Waals surface area contributed by atoms with Crippen molar-refractivity contribution in [2.24, 2.45) is 40.7 Å². The van der Waals surface area contributed by atoms with E-state index in [9.17, 15) is 34.8 Å². The van der Waals surface area contributed by atoms with E-state index in [-0.39, 0.29) is 36.1 Å². The van der Waals surface area contributed by atoms with Gasteiger partial charge in [0.25, 0.3) is 5.91 Å². The highest BCUT2D eigenvalue weighted by Gasteiger charge is 2.59. The van der Waals surface area contributed by atoms with Crippen molar-refractivity contribution < 1.29 is 34.8 Å². The third-order valence-corrected chi connectivity index (χ3v) is 11.2. The van der Waals surface area contributed by atoms with Crippen LogP contribution in [0.1, 0.15) is 74.9 Å². The standard InChI is InChI=1S/C31H39ClN2O7/c1-5-14(19-6-13(2)30(19,3)4)11-34-12-16-9-20(35)23-18(25(16)32)8-15-7-17-10-21(36)24(29(33)40)28(39)31(17,41)27(38)22(15)26(23)37/h9,13-15,17,19,34-36,38,41H,5-8,10-12H2,1-4H3,(H2,33,40)/t13?,14-,15-,17+,19?,31+/m1/s1. The van der Waals surface area contributed by atoms with Gasteiger partial charge in [0.1, 0.15) is 22.8 Å². The van der Waals surface area contributed by atoms with Gasteiger partial charge >= 0.3 is 0 Å². The number of aliphatic hydroxyl groups is 3. The molecule has 4 aliphatic carbocycles. The van der Waals surface area contributed by atoms with Gasteiger partial charge in [-0.3, -0.25) is 14.4 Å². The number of aromatic hydroxyl groups is 1. The molecule has 9 nitrogen and oxygen atoms in total. The molecule has 1 aromatic rings. The highest BCUT2D eigenvalue weighted by molar-refractivity contribution is 6.33. The molecule has 5 rings (SSSR count). The summed E-state index contributed by atoms with van der Waals surface area (Å²) in [6.45, 7) is 10.3. The van der Waals surface area contributed by atoms with Crippen molar-refractivity contribution in [3.8, 4) is 5.75 Å². The maximum atomic E-state index is 13.7. The van der Waals surface area contributed by atoms with Crippen LogP contribution >= 0.6 is 11.6 Å². The number of nitrogens with two attached hydrogens (primary N) is 1. The minimum absolute atomic E-state index is 0.0657. The number of phenolic OH excluding ortho intramolecular Hbond substituents is 1. The Morgan fingerprint density at radius 2 is 1.88 bits per heavy atom. The third kappa shape index (κ3) is 4.31. The first-order valence-corrected chi connectivity index (χ1v) is 14.7. The van der Waals surface area contributed by atoms with Crippen LogP contribution in [0, 0.1) is 35.0 Å². The van der Waals surface area contributed by atoms with Crippen LogP contribution in [0.5, 0.6) is 5.75 Å². The number of benzene rings is 1. The zero-order valence-electron chi connectivity index (χ0n) is 23.9. The zero-order chi connectivity index (χ0) is 30.2. The second-order valence-electron chi connectivity index (χ2n) is 13.0. The molecule has 0 heterocycles. The number of hydrogen-bond acceptors (Lipinski definition) is 8. The number of Topliss-reactive ketones (excluding diaryl/α,β-unsaturated/α-hetero) is 2.